The van der Waals surface area contributed by atoms with Gasteiger partial charge in [0.05, 0.1) is 33.1 Å². The first-order valence-corrected chi connectivity index (χ1v) is 16.2. The third kappa shape index (κ3) is 8.07. The van der Waals surface area contributed by atoms with E-state index < -0.39 is 12.1 Å². The molecule has 4 rings (SSSR count). The molecule has 0 fully saturated rings. The second kappa shape index (κ2) is 15.6. The van der Waals surface area contributed by atoms with E-state index in [0.717, 1.165) is 11.1 Å². The lowest BCUT2D eigenvalue weighted by Gasteiger charge is -2.19. The SMILES string of the molecule is COc1cc2c(c(OC)c1OC)-c1ccc(N[C@@H](CCSC)C(=O)NCCCc3nc(C)no3)c(=O)cc1[C@@H](NC(C)=O)CC2. The van der Waals surface area contributed by atoms with E-state index in [9.17, 15) is 14.4 Å². The maximum absolute atomic E-state index is 13.8. The highest BCUT2D eigenvalue weighted by molar-refractivity contribution is 7.98. The van der Waals surface area contributed by atoms with Crippen LogP contribution in [0.5, 0.6) is 17.2 Å². The first-order chi connectivity index (χ1) is 21.7. The molecule has 1 heterocycles. The number of ether oxygens (including phenoxy) is 3. The van der Waals surface area contributed by atoms with Crippen LogP contribution < -0.4 is 35.6 Å². The number of fused-ring (bicyclic) bond motifs is 3. The summed E-state index contributed by atoms with van der Waals surface area (Å²) in [4.78, 5) is 43.5. The number of carbonyl (C=O) groups excluding carboxylic acids is 2. The summed E-state index contributed by atoms with van der Waals surface area (Å²) in [5.41, 5.74) is 3.02. The summed E-state index contributed by atoms with van der Waals surface area (Å²) in [5, 5.41) is 13.0. The standard InChI is InChI=1S/C32H41N5O7S/c1-18-34-28(44-37-18)8-7-14-33-32(40)25(13-15-45-6)36-24-12-10-21-22(17-26(24)39)23(35-19(2)38)11-9-20-16-27(41-3)30(42-4)31(43-5)29(20)21/h10,12,16-17,23,25H,7-9,11,13-15H2,1-6H3,(H,33,40)(H,35,38)(H,36,39)/t23-,25-/m0/s1. The van der Waals surface area contributed by atoms with Gasteiger partial charge in [0.2, 0.25) is 28.9 Å². The highest BCUT2D eigenvalue weighted by atomic mass is 32.2. The van der Waals surface area contributed by atoms with Crippen LogP contribution in [0.2, 0.25) is 0 Å². The van der Waals surface area contributed by atoms with Crippen molar-refractivity contribution in [2.75, 3.05) is 45.2 Å². The molecule has 2 aromatic carbocycles. The van der Waals surface area contributed by atoms with Crippen molar-refractivity contribution in [2.45, 2.75) is 58.0 Å². The normalized spacial score (nSPS) is 14.3. The molecule has 1 aromatic heterocycles. The lowest BCUT2D eigenvalue weighted by molar-refractivity contribution is -0.122. The lowest BCUT2D eigenvalue weighted by Crippen LogP contribution is -2.41. The van der Waals surface area contributed by atoms with Gasteiger partial charge in [-0.2, -0.15) is 16.7 Å². The summed E-state index contributed by atoms with van der Waals surface area (Å²) in [5.74, 6) is 2.81. The molecule has 0 saturated carbocycles. The number of hydrogen-bond donors (Lipinski definition) is 3. The van der Waals surface area contributed by atoms with Crippen LogP contribution in [0.25, 0.3) is 11.1 Å². The van der Waals surface area contributed by atoms with E-state index in [0.29, 0.717) is 84.5 Å². The number of benzene rings is 1. The lowest BCUT2D eigenvalue weighted by atomic mass is 9.95. The van der Waals surface area contributed by atoms with Gasteiger partial charge in [0.1, 0.15) is 6.04 Å². The monoisotopic (exact) mass is 639 g/mol. The molecule has 0 unspecified atom stereocenters. The van der Waals surface area contributed by atoms with E-state index in [1.54, 1.807) is 52.1 Å². The van der Waals surface area contributed by atoms with E-state index in [2.05, 4.69) is 26.1 Å². The zero-order valence-electron chi connectivity index (χ0n) is 26.6. The van der Waals surface area contributed by atoms with Crippen molar-refractivity contribution >= 4 is 29.3 Å². The Morgan fingerprint density at radius 2 is 1.91 bits per heavy atom. The molecule has 3 N–H and O–H groups in total. The van der Waals surface area contributed by atoms with Crippen LogP contribution in [0.15, 0.2) is 33.6 Å². The van der Waals surface area contributed by atoms with Crippen LogP contribution in [0.4, 0.5) is 5.69 Å². The van der Waals surface area contributed by atoms with Crippen molar-refractivity contribution in [3.05, 3.63) is 57.3 Å². The number of methoxy groups -OCH3 is 3. The van der Waals surface area contributed by atoms with Gasteiger partial charge >= 0.3 is 0 Å². The Labute approximate surface area is 267 Å². The maximum atomic E-state index is 13.8. The Hall–Kier alpha value is -4.26. The minimum Gasteiger partial charge on any atom is -0.493 e. The van der Waals surface area contributed by atoms with Gasteiger partial charge in [-0.1, -0.05) is 11.2 Å². The van der Waals surface area contributed by atoms with Crippen molar-refractivity contribution in [3.63, 3.8) is 0 Å². The minimum absolute atomic E-state index is 0.209. The van der Waals surface area contributed by atoms with E-state index >= 15 is 0 Å². The van der Waals surface area contributed by atoms with Crippen LogP contribution >= 0.6 is 11.8 Å². The first kappa shape index (κ1) is 33.6. The second-order valence-electron chi connectivity index (χ2n) is 10.7. The van der Waals surface area contributed by atoms with Gasteiger partial charge in [0, 0.05) is 25.5 Å². The molecule has 12 nitrogen and oxygen atoms in total. The summed E-state index contributed by atoms with van der Waals surface area (Å²) < 4.78 is 22.3. The zero-order chi connectivity index (χ0) is 32.5. The maximum Gasteiger partial charge on any atom is 0.242 e. The average molecular weight is 640 g/mol. The van der Waals surface area contributed by atoms with Gasteiger partial charge in [-0.3, -0.25) is 14.4 Å². The Bertz CT molecular complexity index is 1580. The Kier molecular flexibility index (Phi) is 11.7. The highest BCUT2D eigenvalue weighted by Gasteiger charge is 2.30. The minimum atomic E-state index is -0.643. The first-order valence-electron chi connectivity index (χ1n) is 14.8. The van der Waals surface area contributed by atoms with E-state index in [4.69, 9.17) is 18.7 Å². The molecule has 3 aromatic rings. The number of carbonyl (C=O) groups is 2. The largest absolute Gasteiger partial charge is 0.493 e. The van der Waals surface area contributed by atoms with Gasteiger partial charge in [0.15, 0.2) is 17.3 Å². The predicted molar refractivity (Wildman–Crippen MR) is 173 cm³/mol. The summed E-state index contributed by atoms with van der Waals surface area (Å²) in [6, 6.07) is 5.90. The van der Waals surface area contributed by atoms with E-state index in [1.165, 1.54) is 6.92 Å². The smallest absolute Gasteiger partial charge is 0.242 e. The molecule has 45 heavy (non-hydrogen) atoms. The molecule has 1 aliphatic carbocycles. The molecule has 0 spiro atoms. The van der Waals surface area contributed by atoms with E-state index in [1.807, 2.05) is 18.4 Å². The Balaban J connectivity index is 1.70. The Morgan fingerprint density at radius 3 is 2.56 bits per heavy atom. The van der Waals surface area contributed by atoms with Crippen LogP contribution in [-0.4, -0.2) is 67.9 Å². The van der Waals surface area contributed by atoms with Crippen molar-refractivity contribution in [2.24, 2.45) is 0 Å². The molecule has 0 radical (unpaired) electrons. The fourth-order valence-electron chi connectivity index (χ4n) is 5.54. The highest BCUT2D eigenvalue weighted by Crippen LogP contribution is 2.50. The molecule has 0 saturated heterocycles. The molecule has 2 amide bonds. The number of amides is 2. The van der Waals surface area contributed by atoms with Crippen LogP contribution in [0.1, 0.15) is 55.1 Å². The zero-order valence-corrected chi connectivity index (χ0v) is 27.4. The molecular formula is C32H41N5O7S. The van der Waals surface area contributed by atoms with Crippen molar-refractivity contribution < 1.29 is 28.3 Å². The quantitative estimate of drug-likeness (QED) is 0.221. The van der Waals surface area contributed by atoms with Gasteiger partial charge < -0.3 is 34.7 Å². The van der Waals surface area contributed by atoms with E-state index in [-0.39, 0.29) is 22.9 Å². The predicted octanol–water partition coefficient (Wildman–Crippen LogP) is 3.84. The number of nitrogens with zero attached hydrogens (tertiary/aromatic N) is 2. The number of thioether (sulfide) groups is 1. The van der Waals surface area contributed by atoms with Gasteiger partial charge in [-0.05, 0) is 79.5 Å². The fraction of sp³-hybridized carbons (Fsp3) is 0.469. The summed E-state index contributed by atoms with van der Waals surface area (Å²) in [6.07, 6.45) is 4.80. The number of aryl methyl sites for hydroxylation is 3. The molecule has 13 heteroatoms. The van der Waals surface area contributed by atoms with Crippen molar-refractivity contribution in [3.8, 4) is 28.4 Å². The molecule has 0 aliphatic heterocycles. The van der Waals surface area contributed by atoms with Crippen LogP contribution in [0, 0.1) is 6.92 Å². The van der Waals surface area contributed by atoms with Crippen molar-refractivity contribution in [1.29, 1.82) is 0 Å². The van der Waals surface area contributed by atoms with Crippen LogP contribution in [0.3, 0.4) is 0 Å². The van der Waals surface area contributed by atoms with Crippen molar-refractivity contribution in [1.82, 2.24) is 20.8 Å². The Morgan fingerprint density at radius 1 is 1.13 bits per heavy atom. The third-order valence-corrected chi connectivity index (χ3v) is 8.25. The number of aromatic nitrogens is 2. The fourth-order valence-corrected chi connectivity index (χ4v) is 6.01. The van der Waals surface area contributed by atoms with Gasteiger partial charge in [-0.15, -0.1) is 0 Å². The van der Waals surface area contributed by atoms with Crippen LogP contribution in [-0.2, 0) is 22.4 Å². The molecule has 1 aliphatic rings. The number of rotatable bonds is 14. The third-order valence-electron chi connectivity index (χ3n) is 7.61. The number of nitrogens with one attached hydrogen (secondary N) is 3. The topological polar surface area (TPSA) is 154 Å². The molecule has 242 valence electrons. The average Bonchev–Trinajstić information content (AvgIpc) is 3.30. The molecule has 2 atom stereocenters. The summed E-state index contributed by atoms with van der Waals surface area (Å²) in [7, 11) is 4.66. The number of hydrogen-bond acceptors (Lipinski definition) is 11. The molecular weight excluding hydrogens is 598 g/mol. The second-order valence-corrected chi connectivity index (χ2v) is 11.7. The van der Waals surface area contributed by atoms with Gasteiger partial charge in [-0.25, -0.2) is 0 Å². The molecule has 0 bridgehead atoms. The van der Waals surface area contributed by atoms with Gasteiger partial charge in [0.25, 0.3) is 0 Å². The summed E-state index contributed by atoms with van der Waals surface area (Å²) >= 11 is 1.62. The summed E-state index contributed by atoms with van der Waals surface area (Å²) in [6.45, 7) is 3.63. The number of anilines is 1.